The van der Waals surface area contributed by atoms with E-state index in [1.54, 1.807) is 18.3 Å². The molecule has 0 fully saturated rings. The molecule has 0 saturated heterocycles. The van der Waals surface area contributed by atoms with Crippen LogP contribution in [0.4, 0.5) is 13.2 Å². The monoisotopic (exact) mass is 362 g/mol. The minimum atomic E-state index is -4.72. The quantitative estimate of drug-likeness (QED) is 0.822. The number of pyridine rings is 1. The van der Waals surface area contributed by atoms with Crippen LogP contribution in [0.2, 0.25) is 5.02 Å². The first kappa shape index (κ1) is 16.2. The zero-order valence-corrected chi connectivity index (χ0v) is 13.1. The van der Waals surface area contributed by atoms with Crippen LogP contribution in [0.3, 0.4) is 0 Å². The number of rotatable bonds is 2. The van der Waals surface area contributed by atoms with Crippen LogP contribution in [-0.4, -0.2) is 17.7 Å². The molecule has 0 bridgehead atoms. The van der Waals surface area contributed by atoms with Crippen molar-refractivity contribution >= 4 is 21.6 Å². The van der Waals surface area contributed by atoms with Crippen molar-refractivity contribution in [2.45, 2.75) is 24.2 Å². The number of hydrogen-bond donors (Lipinski definition) is 0. The number of hydrogen-bond acceptors (Lipinski definition) is 3. The fraction of sp³-hybridized carbons (Fsp3) is 0.214. The van der Waals surface area contributed by atoms with Gasteiger partial charge >= 0.3 is 6.18 Å². The smallest absolute Gasteiger partial charge is 0.260 e. The Bertz CT molecular complexity index is 844. The summed E-state index contributed by atoms with van der Waals surface area (Å²) in [5.41, 5.74) is 0.164. The zero-order valence-electron chi connectivity index (χ0n) is 11.5. The Kier molecular flexibility index (Phi) is 3.86. The molecule has 2 heterocycles. The lowest BCUT2D eigenvalue weighted by Gasteiger charge is -2.17. The number of halogens is 4. The van der Waals surface area contributed by atoms with E-state index in [0.717, 1.165) is 22.0 Å². The normalized spacial score (nSPS) is 15.7. The van der Waals surface area contributed by atoms with Crippen molar-refractivity contribution in [2.75, 3.05) is 0 Å². The second-order valence-corrected chi connectivity index (χ2v) is 7.37. The molecule has 0 radical (unpaired) electrons. The molecular formula is C14H10ClF3N2O2S. The zero-order chi connectivity index (χ0) is 16.8. The summed E-state index contributed by atoms with van der Waals surface area (Å²) in [6.45, 7) is 0.109. The predicted molar refractivity (Wildman–Crippen MR) is 77.1 cm³/mol. The minimum absolute atomic E-state index is 0.0302. The fourth-order valence-corrected chi connectivity index (χ4v) is 4.00. The SMILES string of the molecule is O=S(=O)(c1ccc(Cl)c(C(F)(F)F)c1)N1Cc2cccnc2C1. The second kappa shape index (κ2) is 5.47. The topological polar surface area (TPSA) is 50.3 Å². The average molecular weight is 363 g/mol. The molecule has 0 unspecified atom stereocenters. The van der Waals surface area contributed by atoms with E-state index < -0.39 is 31.7 Å². The molecule has 23 heavy (non-hydrogen) atoms. The molecule has 0 atom stereocenters. The maximum absolute atomic E-state index is 12.9. The van der Waals surface area contributed by atoms with Gasteiger partial charge in [0.2, 0.25) is 10.0 Å². The van der Waals surface area contributed by atoms with Gasteiger partial charge in [-0.2, -0.15) is 17.5 Å². The Morgan fingerprint density at radius 1 is 1.17 bits per heavy atom. The molecule has 3 rings (SSSR count). The summed E-state index contributed by atoms with van der Waals surface area (Å²) in [5.74, 6) is 0. The van der Waals surface area contributed by atoms with Crippen LogP contribution in [0.25, 0.3) is 0 Å². The summed E-state index contributed by atoms with van der Waals surface area (Å²) < 4.78 is 65.0. The Hall–Kier alpha value is -1.64. The molecule has 1 aliphatic rings. The predicted octanol–water partition coefficient (Wildman–Crippen LogP) is 3.46. The van der Waals surface area contributed by atoms with Crippen molar-refractivity contribution < 1.29 is 21.6 Å². The number of benzene rings is 1. The Morgan fingerprint density at radius 3 is 2.57 bits per heavy atom. The van der Waals surface area contributed by atoms with Crippen LogP contribution in [0.5, 0.6) is 0 Å². The van der Waals surface area contributed by atoms with E-state index >= 15 is 0 Å². The largest absolute Gasteiger partial charge is 0.417 e. The van der Waals surface area contributed by atoms with Crippen LogP contribution in [0, 0.1) is 0 Å². The first-order chi connectivity index (χ1) is 10.7. The van der Waals surface area contributed by atoms with Crippen LogP contribution < -0.4 is 0 Å². The van der Waals surface area contributed by atoms with E-state index in [1.165, 1.54) is 0 Å². The molecular weight excluding hydrogens is 353 g/mol. The van der Waals surface area contributed by atoms with Crippen LogP contribution in [0.15, 0.2) is 41.4 Å². The summed E-state index contributed by atoms with van der Waals surface area (Å²) in [7, 11) is -4.07. The highest BCUT2D eigenvalue weighted by molar-refractivity contribution is 7.89. The highest BCUT2D eigenvalue weighted by atomic mass is 35.5. The number of alkyl halides is 3. The van der Waals surface area contributed by atoms with E-state index in [4.69, 9.17) is 11.6 Å². The van der Waals surface area contributed by atoms with Gasteiger partial charge in [-0.05, 0) is 29.8 Å². The Labute approximate surface area is 135 Å². The average Bonchev–Trinajstić information content (AvgIpc) is 2.91. The van der Waals surface area contributed by atoms with Crippen molar-refractivity contribution in [3.8, 4) is 0 Å². The van der Waals surface area contributed by atoms with E-state index in [2.05, 4.69) is 4.98 Å². The third-order valence-electron chi connectivity index (χ3n) is 3.54. The lowest BCUT2D eigenvalue weighted by atomic mass is 10.2. The molecule has 2 aromatic rings. The summed E-state index contributed by atoms with van der Waals surface area (Å²) >= 11 is 5.53. The molecule has 0 aliphatic carbocycles. The molecule has 0 N–H and O–H groups in total. The second-order valence-electron chi connectivity index (χ2n) is 5.02. The Balaban J connectivity index is 1.99. The molecule has 1 aromatic heterocycles. The van der Waals surface area contributed by atoms with Gasteiger partial charge in [0, 0.05) is 12.7 Å². The first-order valence-electron chi connectivity index (χ1n) is 6.49. The third-order valence-corrected chi connectivity index (χ3v) is 5.66. The molecule has 1 aromatic carbocycles. The maximum Gasteiger partial charge on any atom is 0.417 e. The highest BCUT2D eigenvalue weighted by Crippen LogP contribution is 2.37. The van der Waals surface area contributed by atoms with Crippen molar-refractivity contribution in [3.05, 3.63) is 58.4 Å². The molecule has 9 heteroatoms. The number of fused-ring (bicyclic) bond motifs is 1. The van der Waals surface area contributed by atoms with E-state index in [1.807, 2.05) is 0 Å². The third kappa shape index (κ3) is 2.93. The molecule has 0 saturated carbocycles. The molecule has 0 spiro atoms. The van der Waals surface area contributed by atoms with Gasteiger partial charge in [0.15, 0.2) is 0 Å². The van der Waals surface area contributed by atoms with Crippen LogP contribution in [0.1, 0.15) is 16.8 Å². The van der Waals surface area contributed by atoms with Crippen molar-refractivity contribution in [1.82, 2.24) is 9.29 Å². The van der Waals surface area contributed by atoms with E-state index in [-0.39, 0.29) is 13.1 Å². The lowest BCUT2D eigenvalue weighted by Crippen LogP contribution is -2.26. The van der Waals surface area contributed by atoms with Gasteiger partial charge in [0.05, 0.1) is 27.7 Å². The molecule has 0 amide bonds. The maximum atomic E-state index is 12.9. The number of sulfonamides is 1. The van der Waals surface area contributed by atoms with Gasteiger partial charge in [0.25, 0.3) is 0 Å². The van der Waals surface area contributed by atoms with Crippen molar-refractivity contribution in [1.29, 1.82) is 0 Å². The van der Waals surface area contributed by atoms with E-state index in [9.17, 15) is 21.6 Å². The Morgan fingerprint density at radius 2 is 1.91 bits per heavy atom. The first-order valence-corrected chi connectivity index (χ1v) is 8.31. The summed E-state index contributed by atoms with van der Waals surface area (Å²) in [5, 5.41) is -0.539. The fourth-order valence-electron chi connectivity index (χ4n) is 2.37. The van der Waals surface area contributed by atoms with Gasteiger partial charge < -0.3 is 0 Å². The van der Waals surface area contributed by atoms with Gasteiger partial charge in [-0.3, -0.25) is 4.98 Å². The minimum Gasteiger partial charge on any atom is -0.260 e. The van der Waals surface area contributed by atoms with Crippen LogP contribution >= 0.6 is 11.6 Å². The molecule has 4 nitrogen and oxygen atoms in total. The number of nitrogens with zero attached hydrogens (tertiary/aromatic N) is 2. The summed E-state index contributed by atoms with van der Waals surface area (Å²) in [6.07, 6.45) is -3.18. The highest BCUT2D eigenvalue weighted by Gasteiger charge is 2.36. The van der Waals surface area contributed by atoms with Crippen LogP contribution in [-0.2, 0) is 29.3 Å². The van der Waals surface area contributed by atoms with Gasteiger partial charge in [-0.25, -0.2) is 8.42 Å². The summed E-state index contributed by atoms with van der Waals surface area (Å²) in [4.78, 5) is 3.64. The summed E-state index contributed by atoms with van der Waals surface area (Å²) in [6, 6.07) is 6.00. The van der Waals surface area contributed by atoms with Gasteiger partial charge in [-0.1, -0.05) is 17.7 Å². The molecule has 122 valence electrons. The standard InChI is InChI=1S/C14H10ClF3N2O2S/c15-12-4-3-10(6-11(12)14(16,17)18)23(21,22)20-7-9-2-1-5-19-13(9)8-20/h1-6H,7-8H2. The lowest BCUT2D eigenvalue weighted by molar-refractivity contribution is -0.137. The van der Waals surface area contributed by atoms with Crippen molar-refractivity contribution in [2.24, 2.45) is 0 Å². The van der Waals surface area contributed by atoms with E-state index in [0.29, 0.717) is 11.8 Å². The number of aromatic nitrogens is 1. The van der Waals surface area contributed by atoms with Crippen molar-refractivity contribution in [3.63, 3.8) is 0 Å². The molecule has 1 aliphatic heterocycles. The van der Waals surface area contributed by atoms with Gasteiger partial charge in [0.1, 0.15) is 0 Å². The van der Waals surface area contributed by atoms with Gasteiger partial charge in [-0.15, -0.1) is 0 Å².